The van der Waals surface area contributed by atoms with E-state index in [1.807, 2.05) is 0 Å². The molecule has 13 heavy (non-hydrogen) atoms. The van der Waals surface area contributed by atoms with Crippen LogP contribution in [0.25, 0.3) is 0 Å². The lowest BCUT2D eigenvalue weighted by atomic mass is 10.1. The van der Waals surface area contributed by atoms with Gasteiger partial charge in [0, 0.05) is 6.20 Å². The lowest BCUT2D eigenvalue weighted by Gasteiger charge is -2.05. The smallest absolute Gasteiger partial charge is 0.259 e. The van der Waals surface area contributed by atoms with Crippen LogP contribution >= 0.6 is 11.6 Å². The van der Waals surface area contributed by atoms with Crippen LogP contribution in [0.5, 0.6) is 0 Å². The number of halogens is 3. The van der Waals surface area contributed by atoms with Gasteiger partial charge in [-0.3, -0.25) is 4.98 Å². The van der Waals surface area contributed by atoms with Crippen molar-refractivity contribution in [2.45, 2.75) is 12.3 Å². The number of rotatable bonds is 2. The van der Waals surface area contributed by atoms with E-state index in [1.165, 1.54) is 12.3 Å². The van der Waals surface area contributed by atoms with Crippen LogP contribution in [0.1, 0.15) is 23.2 Å². The Morgan fingerprint density at radius 2 is 2.31 bits per heavy atom. The van der Waals surface area contributed by atoms with Crippen LogP contribution in [-0.4, -0.2) is 4.98 Å². The Hall–Kier alpha value is -1.21. The molecule has 0 saturated carbocycles. The van der Waals surface area contributed by atoms with Crippen molar-refractivity contribution in [2.24, 2.45) is 0 Å². The van der Waals surface area contributed by atoms with Gasteiger partial charge in [-0.1, -0.05) is 0 Å². The summed E-state index contributed by atoms with van der Waals surface area (Å²) < 4.78 is 24.8. The molecule has 0 aliphatic rings. The van der Waals surface area contributed by atoms with Crippen molar-refractivity contribution in [1.29, 1.82) is 5.26 Å². The first-order valence-corrected chi connectivity index (χ1v) is 3.96. The van der Waals surface area contributed by atoms with Crippen LogP contribution in [0.2, 0.25) is 0 Å². The summed E-state index contributed by atoms with van der Waals surface area (Å²) in [5.41, 5.74) is -0.364. The van der Waals surface area contributed by atoms with E-state index in [0.29, 0.717) is 0 Å². The summed E-state index contributed by atoms with van der Waals surface area (Å²) in [5.74, 6) is -0.116. The van der Waals surface area contributed by atoms with E-state index in [1.54, 1.807) is 6.07 Å². The van der Waals surface area contributed by atoms with Gasteiger partial charge in [-0.2, -0.15) is 5.26 Å². The zero-order chi connectivity index (χ0) is 9.84. The summed E-state index contributed by atoms with van der Waals surface area (Å²) >= 11 is 5.40. The standard InChI is InChI=1S/C8H5ClF2N2/c9-3-6-7(8(10)11)5(4-12)1-2-13-6/h1-2,8H,3H2. The number of pyridine rings is 1. The first-order chi connectivity index (χ1) is 6.20. The zero-order valence-corrected chi connectivity index (χ0v) is 7.22. The SMILES string of the molecule is N#Cc1ccnc(CCl)c1C(F)F. The van der Waals surface area contributed by atoms with Crippen molar-refractivity contribution in [3.05, 3.63) is 29.1 Å². The minimum absolute atomic E-state index is 0.0655. The van der Waals surface area contributed by atoms with Gasteiger partial charge in [0.2, 0.25) is 0 Å². The topological polar surface area (TPSA) is 36.7 Å². The Morgan fingerprint density at radius 1 is 1.62 bits per heavy atom. The maximum atomic E-state index is 12.4. The average Bonchev–Trinajstić information content (AvgIpc) is 2.16. The second-order valence-electron chi connectivity index (χ2n) is 2.27. The van der Waals surface area contributed by atoms with E-state index < -0.39 is 6.43 Å². The summed E-state index contributed by atoms with van der Waals surface area (Å²) in [5, 5.41) is 8.53. The van der Waals surface area contributed by atoms with Crippen LogP contribution in [0.4, 0.5) is 8.78 Å². The molecule has 1 rings (SSSR count). The third-order valence-corrected chi connectivity index (χ3v) is 1.79. The Balaban J connectivity index is 3.32. The molecule has 0 saturated heterocycles. The van der Waals surface area contributed by atoms with Gasteiger partial charge in [-0.25, -0.2) is 8.78 Å². The highest BCUT2D eigenvalue weighted by Crippen LogP contribution is 2.25. The molecule has 5 heteroatoms. The Labute approximate surface area is 78.8 Å². The van der Waals surface area contributed by atoms with Crippen molar-refractivity contribution in [2.75, 3.05) is 0 Å². The lowest BCUT2D eigenvalue weighted by molar-refractivity contribution is 0.149. The molecule has 0 fully saturated rings. The Bertz CT molecular complexity index is 346. The normalized spacial score (nSPS) is 10.1. The van der Waals surface area contributed by atoms with Gasteiger partial charge in [-0.15, -0.1) is 11.6 Å². The Morgan fingerprint density at radius 3 is 2.77 bits per heavy atom. The van der Waals surface area contributed by atoms with E-state index in [4.69, 9.17) is 16.9 Å². The van der Waals surface area contributed by atoms with Gasteiger partial charge in [0.1, 0.15) is 0 Å². The summed E-state index contributed by atoms with van der Waals surface area (Å²) in [6.45, 7) is 0. The van der Waals surface area contributed by atoms with Gasteiger partial charge in [0.25, 0.3) is 6.43 Å². The molecule has 0 amide bonds. The molecular weight excluding hydrogens is 198 g/mol. The van der Waals surface area contributed by atoms with E-state index in [0.717, 1.165) is 0 Å². The number of alkyl halides is 3. The highest BCUT2D eigenvalue weighted by molar-refractivity contribution is 6.17. The number of nitrogens with zero attached hydrogens (tertiary/aromatic N) is 2. The monoisotopic (exact) mass is 202 g/mol. The van der Waals surface area contributed by atoms with E-state index >= 15 is 0 Å². The molecule has 1 aromatic heterocycles. The minimum Gasteiger partial charge on any atom is -0.259 e. The number of hydrogen-bond acceptors (Lipinski definition) is 2. The predicted molar refractivity (Wildman–Crippen MR) is 43.5 cm³/mol. The molecule has 1 heterocycles. The van der Waals surface area contributed by atoms with Crippen molar-refractivity contribution in [3.8, 4) is 6.07 Å². The molecular formula is C8H5ClF2N2. The zero-order valence-electron chi connectivity index (χ0n) is 6.47. The fourth-order valence-electron chi connectivity index (χ4n) is 0.964. The molecule has 68 valence electrons. The first kappa shape index (κ1) is 9.87. The molecule has 0 spiro atoms. The van der Waals surface area contributed by atoms with Gasteiger partial charge >= 0.3 is 0 Å². The highest BCUT2D eigenvalue weighted by Gasteiger charge is 2.17. The maximum absolute atomic E-state index is 12.4. The molecule has 0 aliphatic carbocycles. The molecule has 0 N–H and O–H groups in total. The van der Waals surface area contributed by atoms with Crippen LogP contribution in [0.15, 0.2) is 12.3 Å². The fourth-order valence-corrected chi connectivity index (χ4v) is 1.18. The highest BCUT2D eigenvalue weighted by atomic mass is 35.5. The second-order valence-corrected chi connectivity index (χ2v) is 2.53. The lowest BCUT2D eigenvalue weighted by Crippen LogP contribution is -1.99. The van der Waals surface area contributed by atoms with Gasteiger partial charge in [0.05, 0.1) is 28.8 Å². The third-order valence-electron chi connectivity index (χ3n) is 1.54. The van der Waals surface area contributed by atoms with Gasteiger partial charge in [0.15, 0.2) is 0 Å². The second kappa shape index (κ2) is 4.15. The third kappa shape index (κ3) is 1.93. The molecule has 0 bridgehead atoms. The van der Waals surface area contributed by atoms with Gasteiger partial charge in [-0.05, 0) is 6.07 Å². The fraction of sp³-hybridized carbons (Fsp3) is 0.250. The molecule has 2 nitrogen and oxygen atoms in total. The first-order valence-electron chi connectivity index (χ1n) is 3.42. The summed E-state index contributed by atoms with van der Waals surface area (Å²) in [7, 11) is 0. The van der Waals surface area contributed by atoms with E-state index in [9.17, 15) is 8.78 Å². The van der Waals surface area contributed by atoms with Gasteiger partial charge < -0.3 is 0 Å². The van der Waals surface area contributed by atoms with Crippen molar-refractivity contribution < 1.29 is 8.78 Å². The summed E-state index contributed by atoms with van der Waals surface area (Å²) in [6, 6.07) is 2.92. The minimum atomic E-state index is -2.71. The van der Waals surface area contributed by atoms with Crippen LogP contribution in [-0.2, 0) is 5.88 Å². The predicted octanol–water partition coefficient (Wildman–Crippen LogP) is 2.63. The number of nitriles is 1. The summed E-state index contributed by atoms with van der Waals surface area (Å²) in [6.07, 6.45) is -1.42. The molecule has 0 unspecified atom stereocenters. The maximum Gasteiger partial charge on any atom is 0.266 e. The summed E-state index contributed by atoms with van der Waals surface area (Å²) in [4.78, 5) is 3.66. The van der Waals surface area contributed by atoms with Crippen molar-refractivity contribution in [1.82, 2.24) is 4.98 Å². The molecule has 1 aromatic rings. The molecule has 0 aromatic carbocycles. The van der Waals surface area contributed by atoms with E-state index in [2.05, 4.69) is 4.98 Å². The number of hydrogen-bond donors (Lipinski definition) is 0. The van der Waals surface area contributed by atoms with Crippen molar-refractivity contribution in [3.63, 3.8) is 0 Å². The van der Waals surface area contributed by atoms with E-state index in [-0.39, 0.29) is 22.7 Å². The quantitative estimate of drug-likeness (QED) is 0.692. The molecule has 0 radical (unpaired) electrons. The van der Waals surface area contributed by atoms with Crippen LogP contribution in [0, 0.1) is 11.3 Å². The number of aromatic nitrogens is 1. The largest absolute Gasteiger partial charge is 0.266 e. The Kier molecular flexibility index (Phi) is 3.15. The van der Waals surface area contributed by atoms with Crippen molar-refractivity contribution >= 4 is 11.6 Å². The average molecular weight is 203 g/mol. The molecule has 0 aliphatic heterocycles. The molecule has 0 atom stereocenters. The van der Waals surface area contributed by atoms with Crippen LogP contribution in [0.3, 0.4) is 0 Å². The van der Waals surface area contributed by atoms with Crippen LogP contribution < -0.4 is 0 Å².